The van der Waals surface area contributed by atoms with Crippen LogP contribution < -0.4 is 4.57 Å². The zero-order chi connectivity index (χ0) is 11.9. The van der Waals surface area contributed by atoms with Gasteiger partial charge in [0.2, 0.25) is 5.52 Å². The molecule has 82 valence electrons. The monoisotopic (exact) mass is 214 g/mol. The van der Waals surface area contributed by atoms with Crippen LogP contribution in [0.2, 0.25) is 0 Å². The summed E-state index contributed by atoms with van der Waals surface area (Å²) in [5, 5.41) is 1.15. The maximum Gasteiger partial charge on any atom is 0.212 e. The van der Waals surface area contributed by atoms with Gasteiger partial charge in [-0.25, -0.2) is 0 Å². The normalized spacial score (nSPS) is 10.8. The van der Waals surface area contributed by atoms with Crippen molar-refractivity contribution in [1.29, 1.82) is 0 Å². The SMILES string of the molecule is CC(=O)c1ccc2c(c1)c(C)cc(C)[n+]2C. The van der Waals surface area contributed by atoms with Crippen LogP contribution in [0.5, 0.6) is 0 Å². The van der Waals surface area contributed by atoms with E-state index in [4.69, 9.17) is 0 Å². The van der Waals surface area contributed by atoms with E-state index in [0.717, 1.165) is 10.9 Å². The lowest BCUT2D eigenvalue weighted by molar-refractivity contribution is -0.651. The third kappa shape index (κ3) is 1.60. The topological polar surface area (TPSA) is 20.9 Å². The molecule has 0 radical (unpaired) electrons. The minimum Gasteiger partial charge on any atom is -0.295 e. The Labute approximate surface area is 95.5 Å². The van der Waals surface area contributed by atoms with Gasteiger partial charge in [0.1, 0.15) is 7.05 Å². The van der Waals surface area contributed by atoms with Gasteiger partial charge in [-0.05, 0) is 31.5 Å². The lowest BCUT2D eigenvalue weighted by Crippen LogP contribution is -2.33. The zero-order valence-corrected chi connectivity index (χ0v) is 10.2. The van der Waals surface area contributed by atoms with Crippen molar-refractivity contribution in [3.05, 3.63) is 41.1 Å². The molecule has 2 heteroatoms. The second-order valence-electron chi connectivity index (χ2n) is 4.32. The molecule has 0 aliphatic heterocycles. The first kappa shape index (κ1) is 10.8. The number of nitrogens with zero attached hydrogens (tertiary/aromatic N) is 1. The molecule has 0 atom stereocenters. The van der Waals surface area contributed by atoms with Gasteiger partial charge in [0.25, 0.3) is 0 Å². The van der Waals surface area contributed by atoms with E-state index in [1.807, 2.05) is 25.2 Å². The highest BCUT2D eigenvalue weighted by molar-refractivity contribution is 5.97. The minimum atomic E-state index is 0.115. The summed E-state index contributed by atoms with van der Waals surface area (Å²) in [4.78, 5) is 11.3. The number of benzene rings is 1. The Bertz CT molecular complexity index is 585. The Balaban J connectivity index is 2.84. The van der Waals surface area contributed by atoms with Crippen LogP contribution in [-0.2, 0) is 7.05 Å². The second kappa shape index (κ2) is 3.71. The van der Waals surface area contributed by atoms with Gasteiger partial charge in [-0.2, -0.15) is 4.57 Å². The van der Waals surface area contributed by atoms with Crippen LogP contribution >= 0.6 is 0 Å². The fourth-order valence-corrected chi connectivity index (χ4v) is 2.04. The molecule has 0 saturated heterocycles. The summed E-state index contributed by atoms with van der Waals surface area (Å²) in [5.74, 6) is 0.115. The van der Waals surface area contributed by atoms with Crippen LogP contribution in [0.4, 0.5) is 0 Å². The van der Waals surface area contributed by atoms with Gasteiger partial charge in [0, 0.05) is 30.0 Å². The first-order valence-corrected chi connectivity index (χ1v) is 5.41. The highest BCUT2D eigenvalue weighted by Crippen LogP contribution is 2.18. The molecule has 1 aromatic heterocycles. The van der Waals surface area contributed by atoms with Crippen LogP contribution in [0.25, 0.3) is 10.9 Å². The molecule has 1 aromatic carbocycles. The van der Waals surface area contributed by atoms with Gasteiger partial charge in [-0.3, -0.25) is 4.79 Å². The number of hydrogen-bond acceptors (Lipinski definition) is 1. The molecular formula is C14H16NO+. The molecule has 0 spiro atoms. The highest BCUT2D eigenvalue weighted by atomic mass is 16.1. The van der Waals surface area contributed by atoms with E-state index in [-0.39, 0.29) is 5.78 Å². The van der Waals surface area contributed by atoms with Gasteiger partial charge in [-0.15, -0.1) is 0 Å². The van der Waals surface area contributed by atoms with Crippen LogP contribution in [0, 0.1) is 13.8 Å². The van der Waals surface area contributed by atoms with Crippen molar-refractivity contribution in [3.8, 4) is 0 Å². The third-order valence-electron chi connectivity index (χ3n) is 3.14. The number of aryl methyl sites for hydroxylation is 3. The molecule has 0 aliphatic rings. The summed E-state index contributed by atoms with van der Waals surface area (Å²) in [6.45, 7) is 5.77. The number of carbonyl (C=O) groups excluding carboxylic acids is 1. The largest absolute Gasteiger partial charge is 0.295 e. The molecule has 16 heavy (non-hydrogen) atoms. The van der Waals surface area contributed by atoms with E-state index < -0.39 is 0 Å². The van der Waals surface area contributed by atoms with E-state index in [2.05, 4.69) is 24.5 Å². The fourth-order valence-electron chi connectivity index (χ4n) is 2.04. The van der Waals surface area contributed by atoms with Crippen LogP contribution in [0.3, 0.4) is 0 Å². The molecule has 0 saturated carbocycles. The summed E-state index contributed by atoms with van der Waals surface area (Å²) in [6, 6.07) is 8.04. The highest BCUT2D eigenvalue weighted by Gasteiger charge is 2.12. The Morgan fingerprint density at radius 3 is 2.50 bits per heavy atom. The quantitative estimate of drug-likeness (QED) is 0.527. The van der Waals surface area contributed by atoms with E-state index >= 15 is 0 Å². The van der Waals surface area contributed by atoms with Crippen LogP contribution in [0.1, 0.15) is 28.5 Å². The van der Waals surface area contributed by atoms with E-state index in [0.29, 0.717) is 0 Å². The summed E-state index contributed by atoms with van der Waals surface area (Å²) < 4.78 is 2.15. The lowest BCUT2D eigenvalue weighted by atomic mass is 10.0. The Morgan fingerprint density at radius 2 is 1.88 bits per heavy atom. The zero-order valence-electron chi connectivity index (χ0n) is 10.2. The summed E-state index contributed by atoms with van der Waals surface area (Å²) in [6.07, 6.45) is 0. The molecule has 2 rings (SSSR count). The number of hydrogen-bond donors (Lipinski definition) is 0. The molecule has 0 fully saturated rings. The minimum absolute atomic E-state index is 0.115. The first-order chi connectivity index (χ1) is 7.50. The van der Waals surface area contributed by atoms with Crippen molar-refractivity contribution >= 4 is 16.7 Å². The summed E-state index contributed by atoms with van der Waals surface area (Å²) in [7, 11) is 2.05. The third-order valence-corrected chi connectivity index (χ3v) is 3.14. The van der Waals surface area contributed by atoms with Gasteiger partial charge in [-0.1, -0.05) is 0 Å². The predicted molar refractivity (Wildman–Crippen MR) is 64.6 cm³/mol. The molecule has 0 N–H and O–H groups in total. The van der Waals surface area contributed by atoms with E-state index in [9.17, 15) is 4.79 Å². The predicted octanol–water partition coefficient (Wildman–Crippen LogP) is 2.48. The molecule has 2 aromatic rings. The number of fused-ring (bicyclic) bond motifs is 1. The maximum atomic E-state index is 11.3. The number of rotatable bonds is 1. The van der Waals surface area contributed by atoms with Gasteiger partial charge in [0.05, 0.1) is 0 Å². The van der Waals surface area contributed by atoms with Gasteiger partial charge in [0.15, 0.2) is 11.5 Å². The average Bonchev–Trinajstić information content (AvgIpc) is 2.25. The summed E-state index contributed by atoms with van der Waals surface area (Å²) >= 11 is 0. The number of Topliss-reactive ketones (excluding diaryl/α,β-unsaturated/α-hetero) is 1. The smallest absolute Gasteiger partial charge is 0.212 e. The number of ketones is 1. The standard InChI is InChI=1S/C14H16NO/c1-9-7-10(2)15(4)14-6-5-12(11(3)16)8-13(9)14/h5-8H,1-4H3/q+1. The second-order valence-corrected chi connectivity index (χ2v) is 4.32. The average molecular weight is 214 g/mol. The van der Waals surface area contributed by atoms with Gasteiger partial charge >= 0.3 is 0 Å². The first-order valence-electron chi connectivity index (χ1n) is 5.41. The summed E-state index contributed by atoms with van der Waals surface area (Å²) in [5.41, 5.74) is 4.39. The fraction of sp³-hybridized carbons (Fsp3) is 0.286. The van der Waals surface area contributed by atoms with Crippen LogP contribution in [-0.4, -0.2) is 5.78 Å². The number of pyridine rings is 1. The van der Waals surface area contributed by atoms with E-state index in [1.165, 1.54) is 16.8 Å². The van der Waals surface area contributed by atoms with Crippen molar-refractivity contribution in [1.82, 2.24) is 0 Å². The maximum absolute atomic E-state index is 11.3. The molecule has 2 nitrogen and oxygen atoms in total. The lowest BCUT2D eigenvalue weighted by Gasteiger charge is -2.04. The molecule has 0 bridgehead atoms. The molecule has 1 heterocycles. The van der Waals surface area contributed by atoms with Crippen molar-refractivity contribution in [2.45, 2.75) is 20.8 Å². The Morgan fingerprint density at radius 1 is 1.19 bits per heavy atom. The van der Waals surface area contributed by atoms with Gasteiger partial charge < -0.3 is 0 Å². The Hall–Kier alpha value is -1.70. The van der Waals surface area contributed by atoms with Crippen molar-refractivity contribution in [3.63, 3.8) is 0 Å². The molecule has 0 amide bonds. The number of carbonyl (C=O) groups is 1. The molecule has 0 aliphatic carbocycles. The van der Waals surface area contributed by atoms with Crippen molar-refractivity contribution in [2.75, 3.05) is 0 Å². The molecule has 0 unspecified atom stereocenters. The molecular weight excluding hydrogens is 198 g/mol. The number of aromatic nitrogens is 1. The van der Waals surface area contributed by atoms with Crippen molar-refractivity contribution in [2.24, 2.45) is 7.05 Å². The van der Waals surface area contributed by atoms with Crippen molar-refractivity contribution < 1.29 is 9.36 Å². The Kier molecular flexibility index (Phi) is 2.50. The van der Waals surface area contributed by atoms with Crippen LogP contribution in [0.15, 0.2) is 24.3 Å². The van der Waals surface area contributed by atoms with E-state index in [1.54, 1.807) is 6.92 Å².